The number of amides is 1. The molecule has 2 heterocycles. The van der Waals surface area contributed by atoms with Crippen LogP contribution in [0.15, 0.2) is 54.9 Å². The highest BCUT2D eigenvalue weighted by molar-refractivity contribution is 5.94. The first-order valence-electron chi connectivity index (χ1n) is 9.95. The van der Waals surface area contributed by atoms with Gasteiger partial charge in [-0.15, -0.1) is 5.10 Å². The van der Waals surface area contributed by atoms with Crippen molar-refractivity contribution in [1.29, 1.82) is 0 Å². The van der Waals surface area contributed by atoms with E-state index < -0.39 is 0 Å². The molecule has 9 heteroatoms. The van der Waals surface area contributed by atoms with E-state index in [9.17, 15) is 9.18 Å². The number of nitrogens with zero attached hydrogens (tertiary/aromatic N) is 5. The third-order valence-electron chi connectivity index (χ3n) is 5.35. The summed E-state index contributed by atoms with van der Waals surface area (Å²) in [6, 6.07) is 14.3. The Hall–Kier alpha value is -3.17. The van der Waals surface area contributed by atoms with E-state index in [1.54, 1.807) is 17.0 Å². The maximum atomic E-state index is 13.1. The number of hydrogen-bond acceptors (Lipinski definition) is 6. The van der Waals surface area contributed by atoms with E-state index in [4.69, 9.17) is 0 Å². The summed E-state index contributed by atoms with van der Waals surface area (Å²) >= 11 is 0. The SMILES string of the molecule is CN(CCCC1CC(c2ccc(F)cc2)NN1)C(=O)c1cccc(-n2cnnn2)c1. The molecule has 2 atom stereocenters. The standard InChI is InChI=1S/C21H24FN7O/c1-28(21(30)16-4-2-6-19(12-16)29-14-23-26-27-29)11-3-5-18-13-20(25-24-18)15-7-9-17(22)10-8-15/h2,4,6-10,12,14,18,20,24-25H,3,5,11,13H2,1H3. The molecule has 2 aromatic carbocycles. The molecule has 30 heavy (non-hydrogen) atoms. The Balaban J connectivity index is 1.26. The third-order valence-corrected chi connectivity index (χ3v) is 5.35. The molecule has 0 saturated carbocycles. The predicted octanol–water partition coefficient (Wildman–Crippen LogP) is 2.26. The average Bonchev–Trinajstić information content (AvgIpc) is 3.46. The zero-order chi connectivity index (χ0) is 20.9. The summed E-state index contributed by atoms with van der Waals surface area (Å²) in [5.74, 6) is -0.260. The van der Waals surface area contributed by atoms with Crippen LogP contribution in [0.25, 0.3) is 5.69 Å². The van der Waals surface area contributed by atoms with Crippen molar-refractivity contribution < 1.29 is 9.18 Å². The smallest absolute Gasteiger partial charge is 0.253 e. The van der Waals surface area contributed by atoms with Crippen LogP contribution in [0, 0.1) is 5.82 Å². The molecule has 1 amide bonds. The normalized spacial score (nSPS) is 18.5. The second-order valence-corrected chi connectivity index (χ2v) is 7.50. The van der Waals surface area contributed by atoms with Gasteiger partial charge in [0.05, 0.1) is 5.69 Å². The van der Waals surface area contributed by atoms with Gasteiger partial charge in [0, 0.05) is 31.2 Å². The lowest BCUT2D eigenvalue weighted by Crippen LogP contribution is -2.32. The number of carbonyl (C=O) groups is 1. The van der Waals surface area contributed by atoms with Gasteiger partial charge in [-0.1, -0.05) is 18.2 Å². The summed E-state index contributed by atoms with van der Waals surface area (Å²) in [5.41, 5.74) is 9.00. The number of nitrogens with one attached hydrogen (secondary N) is 2. The second-order valence-electron chi connectivity index (χ2n) is 7.50. The topological polar surface area (TPSA) is 88.0 Å². The summed E-state index contributed by atoms with van der Waals surface area (Å²) in [7, 11) is 1.81. The van der Waals surface area contributed by atoms with Crippen LogP contribution < -0.4 is 10.9 Å². The Labute approximate surface area is 174 Å². The second kappa shape index (κ2) is 9.10. The molecule has 156 valence electrons. The minimum Gasteiger partial charge on any atom is -0.342 e. The summed E-state index contributed by atoms with van der Waals surface area (Å²) in [6.07, 6.45) is 4.24. The largest absolute Gasteiger partial charge is 0.342 e. The van der Waals surface area contributed by atoms with Crippen molar-refractivity contribution in [2.24, 2.45) is 0 Å². The summed E-state index contributed by atoms with van der Waals surface area (Å²) in [6.45, 7) is 0.660. The minimum absolute atomic E-state index is 0.0355. The average molecular weight is 409 g/mol. The van der Waals surface area contributed by atoms with Crippen molar-refractivity contribution in [3.8, 4) is 5.69 Å². The quantitative estimate of drug-likeness (QED) is 0.622. The van der Waals surface area contributed by atoms with Gasteiger partial charge in [0.15, 0.2) is 0 Å². The molecular weight excluding hydrogens is 385 g/mol. The third kappa shape index (κ3) is 4.69. The highest BCUT2D eigenvalue weighted by atomic mass is 19.1. The van der Waals surface area contributed by atoms with Crippen molar-refractivity contribution in [3.05, 3.63) is 71.8 Å². The van der Waals surface area contributed by atoms with E-state index in [1.807, 2.05) is 31.3 Å². The van der Waals surface area contributed by atoms with Crippen LogP contribution in [0.5, 0.6) is 0 Å². The monoisotopic (exact) mass is 409 g/mol. The van der Waals surface area contributed by atoms with Gasteiger partial charge in [0.2, 0.25) is 0 Å². The van der Waals surface area contributed by atoms with Gasteiger partial charge < -0.3 is 4.90 Å². The van der Waals surface area contributed by atoms with E-state index in [2.05, 4.69) is 26.4 Å². The molecule has 2 N–H and O–H groups in total. The molecule has 1 aromatic heterocycles. The number of halogens is 1. The molecule has 0 bridgehead atoms. The van der Waals surface area contributed by atoms with Gasteiger partial charge >= 0.3 is 0 Å². The Bertz CT molecular complexity index is 977. The van der Waals surface area contributed by atoms with Crippen LogP contribution in [0.4, 0.5) is 4.39 Å². The van der Waals surface area contributed by atoms with E-state index >= 15 is 0 Å². The molecule has 3 aromatic rings. The highest BCUT2D eigenvalue weighted by Crippen LogP contribution is 2.24. The zero-order valence-electron chi connectivity index (χ0n) is 16.7. The lowest BCUT2D eigenvalue weighted by atomic mass is 9.99. The molecule has 4 rings (SSSR count). The number of benzene rings is 2. The van der Waals surface area contributed by atoms with Crippen molar-refractivity contribution in [2.45, 2.75) is 31.3 Å². The lowest BCUT2D eigenvalue weighted by Gasteiger charge is -2.18. The van der Waals surface area contributed by atoms with Gasteiger partial charge in [0.25, 0.3) is 5.91 Å². The number of hydrazine groups is 1. The van der Waals surface area contributed by atoms with E-state index in [-0.39, 0.29) is 17.8 Å². The van der Waals surface area contributed by atoms with Gasteiger partial charge in [-0.2, -0.15) is 0 Å². The first-order valence-corrected chi connectivity index (χ1v) is 9.95. The van der Waals surface area contributed by atoms with Gasteiger partial charge in [-0.05, 0) is 65.6 Å². The van der Waals surface area contributed by atoms with Gasteiger partial charge in [0.1, 0.15) is 12.1 Å². The molecule has 1 aliphatic heterocycles. The van der Waals surface area contributed by atoms with Crippen molar-refractivity contribution in [2.75, 3.05) is 13.6 Å². The van der Waals surface area contributed by atoms with Crippen molar-refractivity contribution in [3.63, 3.8) is 0 Å². The molecule has 0 radical (unpaired) electrons. The zero-order valence-corrected chi connectivity index (χ0v) is 16.7. The van der Waals surface area contributed by atoms with Crippen molar-refractivity contribution >= 4 is 5.91 Å². The first-order chi connectivity index (χ1) is 14.6. The first kappa shape index (κ1) is 20.1. The predicted molar refractivity (Wildman–Crippen MR) is 109 cm³/mol. The Morgan fingerprint density at radius 2 is 2.07 bits per heavy atom. The number of carbonyl (C=O) groups excluding carboxylic acids is 1. The molecule has 2 unspecified atom stereocenters. The van der Waals surface area contributed by atoms with E-state index in [1.165, 1.54) is 23.1 Å². The Kier molecular flexibility index (Phi) is 6.10. The fourth-order valence-corrected chi connectivity index (χ4v) is 3.68. The molecular formula is C21H24FN7O. The van der Waals surface area contributed by atoms with Crippen LogP contribution in [0.2, 0.25) is 0 Å². The lowest BCUT2D eigenvalue weighted by molar-refractivity contribution is 0.0791. The maximum Gasteiger partial charge on any atom is 0.253 e. The van der Waals surface area contributed by atoms with Crippen LogP contribution in [0.1, 0.15) is 41.2 Å². The number of rotatable bonds is 7. The summed E-state index contributed by atoms with van der Waals surface area (Å²) in [4.78, 5) is 14.5. The fraction of sp³-hybridized carbons (Fsp3) is 0.333. The van der Waals surface area contributed by atoms with Crippen LogP contribution in [-0.4, -0.2) is 50.6 Å². The number of hydrogen-bond donors (Lipinski definition) is 2. The molecule has 1 aliphatic rings. The molecule has 8 nitrogen and oxygen atoms in total. The van der Waals surface area contributed by atoms with Gasteiger partial charge in [-0.25, -0.2) is 9.07 Å². The Morgan fingerprint density at radius 1 is 1.23 bits per heavy atom. The van der Waals surface area contributed by atoms with Crippen LogP contribution in [-0.2, 0) is 0 Å². The summed E-state index contributed by atoms with van der Waals surface area (Å²) in [5, 5.41) is 11.1. The maximum absolute atomic E-state index is 13.1. The number of tetrazole rings is 1. The fourth-order valence-electron chi connectivity index (χ4n) is 3.68. The molecule has 0 spiro atoms. The van der Waals surface area contributed by atoms with Crippen LogP contribution in [0.3, 0.4) is 0 Å². The highest BCUT2D eigenvalue weighted by Gasteiger charge is 2.24. The molecule has 1 saturated heterocycles. The number of aromatic nitrogens is 4. The van der Waals surface area contributed by atoms with E-state index in [0.717, 1.165) is 30.5 Å². The molecule has 0 aliphatic carbocycles. The molecule has 1 fully saturated rings. The summed E-state index contributed by atoms with van der Waals surface area (Å²) < 4.78 is 14.6. The van der Waals surface area contributed by atoms with E-state index in [0.29, 0.717) is 18.2 Å². The van der Waals surface area contributed by atoms with Crippen LogP contribution >= 0.6 is 0 Å². The van der Waals surface area contributed by atoms with Crippen molar-refractivity contribution in [1.82, 2.24) is 36.0 Å². The van der Waals surface area contributed by atoms with Gasteiger partial charge in [-0.3, -0.25) is 15.6 Å². The Morgan fingerprint density at radius 3 is 2.83 bits per heavy atom. The minimum atomic E-state index is -0.225.